The Morgan fingerprint density at radius 2 is 1.50 bits per heavy atom. The van der Waals surface area contributed by atoms with Crippen LogP contribution in [0.15, 0.2) is 0 Å². The number of hydrogen-bond donors (Lipinski definition) is 0. The van der Waals surface area contributed by atoms with Gasteiger partial charge in [0.1, 0.15) is 6.10 Å². The minimum atomic E-state index is -0.00500. The van der Waals surface area contributed by atoms with Crippen molar-refractivity contribution in [3.63, 3.8) is 0 Å². The maximum atomic E-state index is 5.42. The fourth-order valence-electron chi connectivity index (χ4n) is 2.07. The van der Waals surface area contributed by atoms with Gasteiger partial charge in [-0.25, -0.2) is 0 Å². The van der Waals surface area contributed by atoms with Crippen molar-refractivity contribution >= 4 is 0 Å². The molecule has 3 heteroatoms. The van der Waals surface area contributed by atoms with Gasteiger partial charge in [-0.05, 0) is 12.8 Å². The first-order valence-corrected chi connectivity index (χ1v) is 4.81. The summed E-state index contributed by atoms with van der Waals surface area (Å²) in [5.41, 5.74) is 0. The lowest BCUT2D eigenvalue weighted by Crippen LogP contribution is -2.47. The van der Waals surface area contributed by atoms with Gasteiger partial charge < -0.3 is 14.2 Å². The average Bonchev–Trinajstić information content (AvgIpc) is 2.26. The lowest BCUT2D eigenvalue weighted by atomic mass is 9.83. The van der Waals surface area contributed by atoms with Gasteiger partial charge in [0.25, 0.3) is 0 Å². The average molecular weight is 198 g/mol. The Balaban J connectivity index is 2.69. The Hall–Kier alpha value is -0.560. The Labute approximate surface area is 85.7 Å². The first-order valence-electron chi connectivity index (χ1n) is 4.81. The molecule has 0 bridgehead atoms. The number of terminal acetylenes is 1. The van der Waals surface area contributed by atoms with E-state index >= 15 is 0 Å². The monoisotopic (exact) mass is 198 g/mol. The van der Waals surface area contributed by atoms with Gasteiger partial charge in [0.05, 0.1) is 12.2 Å². The molecule has 0 aliphatic heterocycles. The summed E-state index contributed by atoms with van der Waals surface area (Å²) in [6, 6.07) is 0. The molecule has 1 aliphatic rings. The van der Waals surface area contributed by atoms with Crippen LogP contribution in [0, 0.1) is 18.3 Å². The molecule has 2 unspecified atom stereocenters. The summed E-state index contributed by atoms with van der Waals surface area (Å²) in [5.74, 6) is 2.99. The van der Waals surface area contributed by atoms with Crippen LogP contribution in [0.5, 0.6) is 0 Å². The zero-order valence-electron chi connectivity index (χ0n) is 9.03. The third-order valence-corrected chi connectivity index (χ3v) is 2.88. The van der Waals surface area contributed by atoms with E-state index in [1.807, 2.05) is 0 Å². The Kier molecular flexibility index (Phi) is 4.40. The zero-order valence-corrected chi connectivity index (χ0v) is 9.03. The number of hydrogen-bond acceptors (Lipinski definition) is 3. The highest BCUT2D eigenvalue weighted by atomic mass is 16.6. The van der Waals surface area contributed by atoms with E-state index in [9.17, 15) is 0 Å². The van der Waals surface area contributed by atoms with E-state index in [0.717, 1.165) is 12.8 Å². The van der Waals surface area contributed by atoms with E-state index in [0.29, 0.717) is 0 Å². The lowest BCUT2D eigenvalue weighted by molar-refractivity contribution is -0.135. The van der Waals surface area contributed by atoms with E-state index in [1.165, 1.54) is 0 Å². The van der Waals surface area contributed by atoms with Crippen LogP contribution in [-0.4, -0.2) is 39.6 Å². The number of rotatable bonds is 3. The van der Waals surface area contributed by atoms with Crippen molar-refractivity contribution in [3.8, 4) is 12.3 Å². The third kappa shape index (κ3) is 2.27. The Morgan fingerprint density at radius 3 is 1.79 bits per heavy atom. The summed E-state index contributed by atoms with van der Waals surface area (Å²) in [5, 5.41) is 0. The molecular formula is C11H18O3. The van der Waals surface area contributed by atoms with Crippen LogP contribution in [0.4, 0.5) is 0 Å². The smallest absolute Gasteiger partial charge is 0.109 e. The molecule has 0 spiro atoms. The molecule has 0 amide bonds. The molecule has 0 radical (unpaired) electrons. The highest BCUT2D eigenvalue weighted by Crippen LogP contribution is 2.29. The summed E-state index contributed by atoms with van der Waals surface area (Å²) < 4.78 is 16.1. The largest absolute Gasteiger partial charge is 0.379 e. The summed E-state index contributed by atoms with van der Waals surface area (Å²) >= 11 is 0. The van der Waals surface area contributed by atoms with Crippen LogP contribution < -0.4 is 0 Å². The van der Waals surface area contributed by atoms with Crippen molar-refractivity contribution in [2.24, 2.45) is 5.92 Å². The molecule has 0 N–H and O–H groups in total. The van der Waals surface area contributed by atoms with Gasteiger partial charge >= 0.3 is 0 Å². The van der Waals surface area contributed by atoms with Crippen molar-refractivity contribution < 1.29 is 14.2 Å². The maximum absolute atomic E-state index is 5.42. The van der Waals surface area contributed by atoms with Crippen LogP contribution in [0.2, 0.25) is 0 Å². The SMILES string of the molecule is C#CC1CC(OC)C(OC)C(OC)C1. The highest BCUT2D eigenvalue weighted by molar-refractivity contribution is 5.01. The van der Waals surface area contributed by atoms with E-state index in [4.69, 9.17) is 20.6 Å². The third-order valence-electron chi connectivity index (χ3n) is 2.88. The number of ether oxygens (including phenoxy) is 3. The molecule has 0 aromatic heterocycles. The fourth-order valence-corrected chi connectivity index (χ4v) is 2.07. The van der Waals surface area contributed by atoms with Crippen molar-refractivity contribution in [2.45, 2.75) is 31.2 Å². The van der Waals surface area contributed by atoms with Gasteiger partial charge in [0, 0.05) is 27.2 Å². The highest BCUT2D eigenvalue weighted by Gasteiger charge is 2.37. The predicted molar refractivity (Wildman–Crippen MR) is 53.9 cm³/mol. The molecule has 80 valence electrons. The second kappa shape index (κ2) is 5.35. The molecule has 1 fully saturated rings. The first-order chi connectivity index (χ1) is 6.76. The molecule has 2 atom stereocenters. The molecule has 1 aliphatic carbocycles. The summed E-state index contributed by atoms with van der Waals surface area (Å²) in [7, 11) is 5.05. The van der Waals surface area contributed by atoms with Crippen molar-refractivity contribution in [2.75, 3.05) is 21.3 Å². The van der Waals surface area contributed by atoms with E-state index in [-0.39, 0.29) is 24.2 Å². The molecule has 0 aromatic rings. The van der Waals surface area contributed by atoms with Gasteiger partial charge in [-0.3, -0.25) is 0 Å². The predicted octanol–water partition coefficient (Wildman–Crippen LogP) is 1.07. The molecule has 1 saturated carbocycles. The standard InChI is InChI=1S/C11H18O3/c1-5-8-6-9(12-2)11(14-4)10(7-8)13-3/h1,8-11H,6-7H2,2-4H3. The zero-order chi connectivity index (χ0) is 10.6. The molecule has 0 saturated heterocycles. The first kappa shape index (κ1) is 11.5. The lowest BCUT2D eigenvalue weighted by Gasteiger charge is -2.37. The van der Waals surface area contributed by atoms with Gasteiger partial charge in [-0.1, -0.05) is 0 Å². The summed E-state index contributed by atoms with van der Waals surface area (Å²) in [6.45, 7) is 0. The molecule has 1 rings (SSSR count). The van der Waals surface area contributed by atoms with Crippen LogP contribution >= 0.6 is 0 Å². The summed E-state index contributed by atoms with van der Waals surface area (Å²) in [6.07, 6.45) is 7.21. The van der Waals surface area contributed by atoms with Gasteiger partial charge in [0.15, 0.2) is 0 Å². The molecule has 14 heavy (non-hydrogen) atoms. The van der Waals surface area contributed by atoms with Crippen LogP contribution in [0.1, 0.15) is 12.8 Å². The van der Waals surface area contributed by atoms with Crippen LogP contribution in [0.25, 0.3) is 0 Å². The van der Waals surface area contributed by atoms with Crippen LogP contribution in [0.3, 0.4) is 0 Å². The number of methoxy groups -OCH3 is 3. The maximum Gasteiger partial charge on any atom is 0.109 e. The van der Waals surface area contributed by atoms with E-state index in [1.54, 1.807) is 21.3 Å². The summed E-state index contributed by atoms with van der Waals surface area (Å²) in [4.78, 5) is 0. The normalized spacial score (nSPS) is 37.9. The van der Waals surface area contributed by atoms with Gasteiger partial charge in [0.2, 0.25) is 0 Å². The second-order valence-electron chi connectivity index (χ2n) is 3.58. The van der Waals surface area contributed by atoms with Crippen molar-refractivity contribution in [3.05, 3.63) is 0 Å². The Morgan fingerprint density at radius 1 is 1.00 bits per heavy atom. The van der Waals surface area contributed by atoms with E-state index in [2.05, 4.69) is 5.92 Å². The molecule has 0 aromatic carbocycles. The van der Waals surface area contributed by atoms with E-state index < -0.39 is 0 Å². The molecule has 3 nitrogen and oxygen atoms in total. The molecule has 0 heterocycles. The fraction of sp³-hybridized carbons (Fsp3) is 0.818. The topological polar surface area (TPSA) is 27.7 Å². The van der Waals surface area contributed by atoms with Gasteiger partial charge in [-0.15, -0.1) is 12.3 Å². The molecular weight excluding hydrogens is 180 g/mol. The van der Waals surface area contributed by atoms with Crippen molar-refractivity contribution in [1.29, 1.82) is 0 Å². The Bertz CT molecular complexity index is 195. The minimum absolute atomic E-state index is 0.00500. The van der Waals surface area contributed by atoms with Crippen LogP contribution in [-0.2, 0) is 14.2 Å². The quantitative estimate of drug-likeness (QED) is 0.635. The second-order valence-corrected chi connectivity index (χ2v) is 3.58. The minimum Gasteiger partial charge on any atom is -0.379 e. The van der Waals surface area contributed by atoms with Crippen molar-refractivity contribution in [1.82, 2.24) is 0 Å². The van der Waals surface area contributed by atoms with Gasteiger partial charge in [-0.2, -0.15) is 0 Å².